The van der Waals surface area contributed by atoms with Crippen molar-refractivity contribution in [2.24, 2.45) is 0 Å². The third kappa shape index (κ3) is 1.18. The molecule has 0 radical (unpaired) electrons. The fraction of sp³-hybridized carbons (Fsp3) is 0.438. The molecule has 1 aliphatic carbocycles. The maximum Gasteiger partial charge on any atom is 0.309 e. The summed E-state index contributed by atoms with van der Waals surface area (Å²) in [5, 5.41) is 10.0. The van der Waals surface area contributed by atoms with E-state index in [2.05, 4.69) is 0 Å². The molecule has 2 unspecified atom stereocenters. The monoisotopic (exact) mass is 316 g/mol. The Balaban J connectivity index is 1.77. The van der Waals surface area contributed by atoms with Crippen molar-refractivity contribution in [2.75, 3.05) is 0 Å². The first-order chi connectivity index (χ1) is 10.9. The van der Waals surface area contributed by atoms with Gasteiger partial charge in [-0.1, -0.05) is 12.1 Å². The summed E-state index contributed by atoms with van der Waals surface area (Å²) in [4.78, 5) is 37.7. The van der Waals surface area contributed by atoms with Crippen LogP contribution < -0.4 is 0 Å². The normalized spacial score (nSPS) is 43.2. The van der Waals surface area contributed by atoms with E-state index in [1.165, 1.54) is 18.2 Å². The largest absolute Gasteiger partial charge is 0.507 e. The van der Waals surface area contributed by atoms with Gasteiger partial charge in [0.05, 0.1) is 18.1 Å². The zero-order chi connectivity index (χ0) is 16.1. The lowest BCUT2D eigenvalue weighted by Gasteiger charge is -2.38. The molecular formula is C16H12O7. The molecule has 23 heavy (non-hydrogen) atoms. The molecule has 5 rings (SSSR count). The predicted octanol–water partition coefficient (Wildman–Crippen LogP) is 0.382. The number of carbonyl (C=O) groups is 3. The van der Waals surface area contributed by atoms with Gasteiger partial charge in [0.25, 0.3) is 0 Å². The third-order valence-corrected chi connectivity index (χ3v) is 5.34. The molecule has 7 nitrogen and oxygen atoms in total. The predicted molar refractivity (Wildman–Crippen MR) is 72.1 cm³/mol. The summed E-state index contributed by atoms with van der Waals surface area (Å²) >= 11 is 0. The van der Waals surface area contributed by atoms with E-state index >= 15 is 0 Å². The second-order valence-corrected chi connectivity index (χ2v) is 6.36. The van der Waals surface area contributed by atoms with E-state index in [0.29, 0.717) is 0 Å². The first-order valence-corrected chi connectivity index (χ1v) is 7.40. The Hall–Kier alpha value is -2.25. The Labute approximate surface area is 130 Å². The van der Waals surface area contributed by atoms with E-state index in [9.17, 15) is 19.5 Å². The fourth-order valence-electron chi connectivity index (χ4n) is 4.34. The second kappa shape index (κ2) is 3.63. The van der Waals surface area contributed by atoms with Crippen LogP contribution in [0.25, 0.3) is 0 Å². The third-order valence-electron chi connectivity index (χ3n) is 5.34. The van der Waals surface area contributed by atoms with E-state index < -0.39 is 47.0 Å². The Morgan fingerprint density at radius 2 is 1.96 bits per heavy atom. The quantitative estimate of drug-likeness (QED) is 0.545. The van der Waals surface area contributed by atoms with Crippen molar-refractivity contribution in [1.29, 1.82) is 0 Å². The summed E-state index contributed by atoms with van der Waals surface area (Å²) in [6.07, 6.45) is -2.23. The van der Waals surface area contributed by atoms with E-state index in [1.807, 2.05) is 0 Å². The second-order valence-electron chi connectivity index (χ2n) is 6.36. The molecule has 0 saturated carbocycles. The van der Waals surface area contributed by atoms with Crippen LogP contribution in [0.2, 0.25) is 0 Å². The van der Waals surface area contributed by atoms with Gasteiger partial charge in [-0.25, -0.2) is 0 Å². The first kappa shape index (κ1) is 13.2. The average molecular weight is 316 g/mol. The van der Waals surface area contributed by atoms with Gasteiger partial charge in [-0.15, -0.1) is 0 Å². The minimum atomic E-state index is -1.53. The highest BCUT2D eigenvalue weighted by atomic mass is 16.7. The Morgan fingerprint density at radius 1 is 1.17 bits per heavy atom. The van der Waals surface area contributed by atoms with Gasteiger partial charge in [0, 0.05) is 5.56 Å². The van der Waals surface area contributed by atoms with Crippen molar-refractivity contribution in [1.82, 2.24) is 0 Å². The van der Waals surface area contributed by atoms with Crippen molar-refractivity contribution in [3.63, 3.8) is 0 Å². The number of fused-ring (bicyclic) bond motifs is 2. The molecule has 0 bridgehead atoms. The molecule has 7 heteroatoms. The number of hydrogen-bond donors (Lipinski definition) is 1. The van der Waals surface area contributed by atoms with E-state index in [0.717, 1.165) is 0 Å². The highest BCUT2D eigenvalue weighted by Gasteiger charge is 2.90. The number of phenols is 1. The summed E-state index contributed by atoms with van der Waals surface area (Å²) in [7, 11) is 0. The number of rotatable bonds is 0. The summed E-state index contributed by atoms with van der Waals surface area (Å²) in [5.41, 5.74) is -3.01. The van der Waals surface area contributed by atoms with Crippen molar-refractivity contribution in [2.45, 2.75) is 42.9 Å². The summed E-state index contributed by atoms with van der Waals surface area (Å²) < 4.78 is 16.7. The Bertz CT molecular complexity index is 815. The number of carbonyl (C=O) groups excluding carboxylic acids is 3. The Kier molecular flexibility index (Phi) is 2.08. The van der Waals surface area contributed by atoms with Crippen LogP contribution in [0.5, 0.6) is 5.75 Å². The van der Waals surface area contributed by atoms with Gasteiger partial charge < -0.3 is 19.3 Å². The van der Waals surface area contributed by atoms with Gasteiger partial charge in [0.15, 0.2) is 11.7 Å². The van der Waals surface area contributed by atoms with Gasteiger partial charge in [-0.2, -0.15) is 0 Å². The molecule has 5 atom stereocenters. The molecule has 3 saturated heterocycles. The maximum atomic E-state index is 13.1. The summed E-state index contributed by atoms with van der Waals surface area (Å²) in [6, 6.07) is 4.32. The zero-order valence-corrected chi connectivity index (χ0v) is 12.1. The van der Waals surface area contributed by atoms with E-state index in [1.54, 1.807) is 6.92 Å². The van der Waals surface area contributed by atoms with Gasteiger partial charge in [0.2, 0.25) is 17.2 Å². The number of aromatic hydroxyl groups is 1. The highest BCUT2D eigenvalue weighted by Crippen LogP contribution is 2.65. The highest BCUT2D eigenvalue weighted by molar-refractivity contribution is 6.27. The van der Waals surface area contributed by atoms with Crippen molar-refractivity contribution in [3.8, 4) is 5.75 Å². The minimum Gasteiger partial charge on any atom is -0.507 e. The first-order valence-electron chi connectivity index (χ1n) is 7.40. The molecule has 0 aromatic heterocycles. The number of ketones is 2. The van der Waals surface area contributed by atoms with Crippen LogP contribution in [0, 0.1) is 0 Å². The van der Waals surface area contributed by atoms with Crippen LogP contribution >= 0.6 is 0 Å². The molecule has 0 spiro atoms. The number of ether oxygens (including phenoxy) is 3. The molecule has 0 amide bonds. The lowest BCUT2D eigenvalue weighted by molar-refractivity contribution is -0.146. The minimum absolute atomic E-state index is 0.0323. The van der Waals surface area contributed by atoms with E-state index in [4.69, 9.17) is 14.2 Å². The van der Waals surface area contributed by atoms with Crippen molar-refractivity contribution >= 4 is 17.5 Å². The number of hydrogen-bond acceptors (Lipinski definition) is 7. The number of Topliss-reactive ketones (excluding diaryl/α,β-unsaturated/α-hetero) is 2. The Morgan fingerprint density at radius 3 is 2.74 bits per heavy atom. The number of epoxide rings is 1. The molecule has 1 aromatic rings. The molecular weight excluding hydrogens is 304 g/mol. The van der Waals surface area contributed by atoms with Crippen LogP contribution in [0.1, 0.15) is 34.1 Å². The molecule has 3 fully saturated rings. The maximum absolute atomic E-state index is 13.1. The smallest absolute Gasteiger partial charge is 0.309 e. The van der Waals surface area contributed by atoms with Gasteiger partial charge in [-0.05, 0) is 13.0 Å². The molecule has 118 valence electrons. The van der Waals surface area contributed by atoms with Crippen LogP contribution in [0.4, 0.5) is 0 Å². The van der Waals surface area contributed by atoms with Crippen LogP contribution in [-0.2, 0) is 19.0 Å². The van der Waals surface area contributed by atoms with Gasteiger partial charge in [0.1, 0.15) is 11.9 Å². The number of phenolic OH excluding ortho intramolecular Hbond substituents is 1. The van der Waals surface area contributed by atoms with E-state index in [-0.39, 0.29) is 23.3 Å². The van der Waals surface area contributed by atoms with Gasteiger partial charge >= 0.3 is 5.97 Å². The molecule has 1 aromatic carbocycles. The lowest BCUT2D eigenvalue weighted by Crippen LogP contribution is -2.63. The fourth-order valence-corrected chi connectivity index (χ4v) is 4.34. The standard InChI is InChI=1S/C16H12O7/c1-6-15-13(20)11-7(3-2-4-8(11)17)12(19)16(15,23-15)14-9(21-6)5-10(18)22-14/h2-4,6,9,14,17H,5H2,1H3/t6-,9-,14+,15?,16?/m0/s1. The average Bonchev–Trinajstić information content (AvgIpc) is 3.12. The SMILES string of the molecule is C[C@@H]1O[C@H]2CC(=O)O[C@H]2C23OC12C(=O)c1c(O)cccc1C3=O. The molecule has 4 aliphatic rings. The van der Waals surface area contributed by atoms with Crippen LogP contribution in [-0.4, -0.2) is 52.2 Å². The summed E-state index contributed by atoms with van der Waals surface area (Å²) in [6.45, 7) is 1.64. The number of esters is 1. The van der Waals surface area contributed by atoms with Crippen molar-refractivity contribution < 1.29 is 33.7 Å². The molecule has 3 aliphatic heterocycles. The van der Waals surface area contributed by atoms with Crippen LogP contribution in [0.15, 0.2) is 18.2 Å². The lowest BCUT2D eigenvalue weighted by atomic mass is 9.67. The molecule has 1 N–H and O–H groups in total. The zero-order valence-electron chi connectivity index (χ0n) is 12.1. The van der Waals surface area contributed by atoms with Gasteiger partial charge in [-0.3, -0.25) is 14.4 Å². The molecule has 3 heterocycles. The topological polar surface area (TPSA) is 102 Å². The number of benzene rings is 1. The van der Waals surface area contributed by atoms with Crippen molar-refractivity contribution in [3.05, 3.63) is 29.3 Å². The summed E-state index contributed by atoms with van der Waals surface area (Å²) in [5.74, 6) is -1.69. The van der Waals surface area contributed by atoms with Crippen LogP contribution in [0.3, 0.4) is 0 Å².